The van der Waals surface area contributed by atoms with E-state index >= 15 is 0 Å². The summed E-state index contributed by atoms with van der Waals surface area (Å²) in [5, 5.41) is 4.32. The Kier molecular flexibility index (Phi) is 6.71. The van der Waals surface area contributed by atoms with Crippen LogP contribution in [-0.4, -0.2) is 41.0 Å². The van der Waals surface area contributed by atoms with Crippen molar-refractivity contribution < 1.29 is 14.3 Å². The normalized spacial score (nSPS) is 17.4. The number of nitrogens with one attached hydrogen (secondary N) is 1. The average Bonchev–Trinajstić information content (AvgIpc) is 3.56. The molecule has 9 heteroatoms. The summed E-state index contributed by atoms with van der Waals surface area (Å²) < 4.78 is 12.7. The Balaban J connectivity index is 1.32. The smallest absolute Gasteiger partial charge is 0.263 e. The number of amides is 1. The molecule has 0 unspecified atom stereocenters. The molecule has 2 aliphatic rings. The van der Waals surface area contributed by atoms with Crippen molar-refractivity contribution in [3.63, 3.8) is 0 Å². The van der Waals surface area contributed by atoms with E-state index in [0.717, 1.165) is 60.2 Å². The van der Waals surface area contributed by atoms with E-state index in [9.17, 15) is 9.59 Å². The molecule has 0 radical (unpaired) electrons. The van der Waals surface area contributed by atoms with Gasteiger partial charge in [0.05, 0.1) is 30.9 Å². The Morgan fingerprint density at radius 2 is 2.15 bits per heavy atom. The topological polar surface area (TPSA) is 82.5 Å². The van der Waals surface area contributed by atoms with E-state index in [1.54, 1.807) is 23.0 Å². The number of hydrogen-bond donors (Lipinski definition) is 1. The molecule has 1 aromatic carbocycles. The second-order valence-electron chi connectivity index (χ2n) is 8.40. The first-order valence-electron chi connectivity index (χ1n) is 11.3. The molecule has 1 aliphatic carbocycles. The number of benzene rings is 1. The van der Waals surface area contributed by atoms with Crippen molar-refractivity contribution in [2.75, 3.05) is 19.5 Å². The van der Waals surface area contributed by atoms with Gasteiger partial charge in [-0.25, -0.2) is 4.98 Å². The molecule has 2 aromatic heterocycles. The van der Waals surface area contributed by atoms with E-state index in [4.69, 9.17) is 14.5 Å². The minimum Gasteiger partial charge on any atom is -0.497 e. The van der Waals surface area contributed by atoms with Gasteiger partial charge in [-0.15, -0.1) is 11.3 Å². The number of ether oxygens (including phenoxy) is 2. The first-order chi connectivity index (χ1) is 16.1. The van der Waals surface area contributed by atoms with E-state index in [-0.39, 0.29) is 23.3 Å². The van der Waals surface area contributed by atoms with Gasteiger partial charge in [-0.2, -0.15) is 0 Å². The standard InChI is InChI=1S/C24H27N3O4S2/c1-30-16-9-7-15(8-10-16)12-25-20(28)14-32-24-26-22-21(18-5-2-6-19(18)33-22)23(29)27(24)13-17-4-3-11-31-17/h7-10,17H,2-6,11-14H2,1H3,(H,25,28)/t17-/m1/s1. The van der Waals surface area contributed by atoms with E-state index in [1.807, 2.05) is 24.3 Å². The third kappa shape index (κ3) is 4.81. The van der Waals surface area contributed by atoms with Gasteiger partial charge in [0, 0.05) is 18.0 Å². The van der Waals surface area contributed by atoms with Gasteiger partial charge in [0.15, 0.2) is 5.16 Å². The third-order valence-corrected chi connectivity index (χ3v) is 8.34. The minimum absolute atomic E-state index is 0.0102. The van der Waals surface area contributed by atoms with E-state index in [2.05, 4.69) is 5.32 Å². The molecule has 0 bridgehead atoms. The average molecular weight is 486 g/mol. The summed E-state index contributed by atoms with van der Waals surface area (Å²) in [7, 11) is 1.63. The maximum Gasteiger partial charge on any atom is 0.263 e. The predicted octanol–water partition coefficient (Wildman–Crippen LogP) is 3.54. The summed E-state index contributed by atoms with van der Waals surface area (Å²) in [5.74, 6) is 0.887. The SMILES string of the molecule is COc1ccc(CNC(=O)CSc2nc3sc4c(c3c(=O)n2C[C@H]2CCCO2)CCC4)cc1. The number of thioether (sulfide) groups is 1. The van der Waals surface area contributed by atoms with Crippen molar-refractivity contribution in [2.45, 2.75) is 56.5 Å². The Labute approximate surface area is 200 Å². The number of thiophene rings is 1. The lowest BCUT2D eigenvalue weighted by Gasteiger charge is -2.16. The molecule has 1 saturated heterocycles. The van der Waals surface area contributed by atoms with Crippen LogP contribution >= 0.6 is 23.1 Å². The lowest BCUT2D eigenvalue weighted by Crippen LogP contribution is -2.30. The lowest BCUT2D eigenvalue weighted by atomic mass is 10.2. The van der Waals surface area contributed by atoms with Gasteiger partial charge >= 0.3 is 0 Å². The van der Waals surface area contributed by atoms with Gasteiger partial charge in [-0.1, -0.05) is 23.9 Å². The van der Waals surface area contributed by atoms with Crippen LogP contribution in [0.2, 0.25) is 0 Å². The van der Waals surface area contributed by atoms with Gasteiger partial charge < -0.3 is 14.8 Å². The molecule has 1 amide bonds. The molecule has 1 atom stereocenters. The Morgan fingerprint density at radius 3 is 2.91 bits per heavy atom. The van der Waals surface area contributed by atoms with Gasteiger partial charge in [0.25, 0.3) is 5.56 Å². The monoisotopic (exact) mass is 485 g/mol. The molecule has 1 aliphatic heterocycles. The van der Waals surface area contributed by atoms with Crippen molar-refractivity contribution in [2.24, 2.45) is 0 Å². The summed E-state index contributed by atoms with van der Waals surface area (Å²) in [4.78, 5) is 33.0. The number of carbonyl (C=O) groups excluding carboxylic acids is 1. The highest BCUT2D eigenvalue weighted by molar-refractivity contribution is 7.99. The molecule has 174 valence electrons. The maximum absolute atomic E-state index is 13.5. The number of fused-ring (bicyclic) bond motifs is 3. The zero-order chi connectivity index (χ0) is 22.8. The summed E-state index contributed by atoms with van der Waals surface area (Å²) in [5.41, 5.74) is 2.19. The van der Waals surface area contributed by atoms with Crippen molar-refractivity contribution in [1.29, 1.82) is 0 Å². The molecule has 0 spiro atoms. The lowest BCUT2D eigenvalue weighted by molar-refractivity contribution is -0.118. The summed E-state index contributed by atoms with van der Waals surface area (Å²) in [6.07, 6.45) is 5.06. The molecule has 3 aromatic rings. The highest BCUT2D eigenvalue weighted by Gasteiger charge is 2.25. The molecular formula is C24H27N3O4S2. The third-order valence-electron chi connectivity index (χ3n) is 6.18. The van der Waals surface area contributed by atoms with Crippen molar-refractivity contribution >= 4 is 39.2 Å². The first-order valence-corrected chi connectivity index (χ1v) is 13.1. The highest BCUT2D eigenvalue weighted by atomic mass is 32.2. The summed E-state index contributed by atoms with van der Waals surface area (Å²) in [6, 6.07) is 7.60. The number of rotatable bonds is 8. The van der Waals surface area contributed by atoms with Crippen LogP contribution in [-0.2, 0) is 35.5 Å². The molecule has 33 heavy (non-hydrogen) atoms. The van der Waals surface area contributed by atoms with Crippen LogP contribution in [0.15, 0.2) is 34.2 Å². The van der Waals surface area contributed by atoms with Crippen LogP contribution in [0.4, 0.5) is 0 Å². The molecule has 5 rings (SSSR count). The van der Waals surface area contributed by atoms with Crippen LogP contribution in [0.5, 0.6) is 5.75 Å². The molecule has 1 N–H and O–H groups in total. The van der Waals surface area contributed by atoms with Gasteiger partial charge in [0.2, 0.25) is 5.91 Å². The molecule has 7 nitrogen and oxygen atoms in total. The van der Waals surface area contributed by atoms with E-state index in [1.165, 1.54) is 22.2 Å². The van der Waals surface area contributed by atoms with Gasteiger partial charge in [0.1, 0.15) is 10.6 Å². The van der Waals surface area contributed by atoms with E-state index < -0.39 is 0 Å². The van der Waals surface area contributed by atoms with Crippen molar-refractivity contribution in [1.82, 2.24) is 14.9 Å². The number of nitrogens with zero attached hydrogens (tertiary/aromatic N) is 2. The highest BCUT2D eigenvalue weighted by Crippen LogP contribution is 2.35. The fourth-order valence-electron chi connectivity index (χ4n) is 4.45. The summed E-state index contributed by atoms with van der Waals surface area (Å²) >= 11 is 2.95. The molecule has 3 heterocycles. The number of carbonyl (C=O) groups is 1. The predicted molar refractivity (Wildman–Crippen MR) is 130 cm³/mol. The maximum atomic E-state index is 13.5. The second kappa shape index (κ2) is 9.87. The van der Waals surface area contributed by atoms with E-state index in [0.29, 0.717) is 18.2 Å². The second-order valence-corrected chi connectivity index (χ2v) is 10.4. The Hall–Kier alpha value is -2.36. The Morgan fingerprint density at radius 1 is 1.30 bits per heavy atom. The van der Waals surface area contributed by atoms with Crippen LogP contribution in [0.25, 0.3) is 10.2 Å². The summed E-state index contributed by atoms with van der Waals surface area (Å²) in [6.45, 7) is 1.66. The number of aryl methyl sites for hydroxylation is 2. The fraction of sp³-hybridized carbons (Fsp3) is 0.458. The van der Waals surface area contributed by atoms with Crippen LogP contribution in [0.1, 0.15) is 35.3 Å². The molecular weight excluding hydrogens is 458 g/mol. The number of aromatic nitrogens is 2. The van der Waals surface area contributed by atoms with Crippen LogP contribution in [0, 0.1) is 0 Å². The number of hydrogen-bond acceptors (Lipinski definition) is 7. The largest absolute Gasteiger partial charge is 0.497 e. The van der Waals surface area contributed by atoms with Crippen molar-refractivity contribution in [3.8, 4) is 5.75 Å². The first kappa shape index (κ1) is 22.4. The zero-order valence-corrected chi connectivity index (χ0v) is 20.2. The zero-order valence-electron chi connectivity index (χ0n) is 18.6. The Bertz CT molecular complexity index is 1210. The van der Waals surface area contributed by atoms with Crippen molar-refractivity contribution in [3.05, 3.63) is 50.6 Å². The van der Waals surface area contributed by atoms with Crippen LogP contribution in [0.3, 0.4) is 0 Å². The van der Waals surface area contributed by atoms with Crippen LogP contribution < -0.4 is 15.6 Å². The quantitative estimate of drug-likeness (QED) is 0.388. The molecule has 0 saturated carbocycles. The fourth-order valence-corrected chi connectivity index (χ4v) is 6.59. The number of methoxy groups -OCH3 is 1. The molecule has 1 fully saturated rings. The van der Waals surface area contributed by atoms with Gasteiger partial charge in [-0.3, -0.25) is 14.2 Å². The minimum atomic E-state index is -0.0949. The van der Waals surface area contributed by atoms with Gasteiger partial charge in [-0.05, 0) is 55.4 Å².